The van der Waals surface area contributed by atoms with Gasteiger partial charge in [-0.3, -0.25) is 9.88 Å². The number of aromatic hydroxyl groups is 1. The van der Waals surface area contributed by atoms with Gasteiger partial charge in [-0.1, -0.05) is 24.3 Å². The molecule has 3 N–H and O–H groups in total. The second-order valence-corrected chi connectivity index (χ2v) is 9.08. The smallest absolute Gasteiger partial charge is 0.270 e. The summed E-state index contributed by atoms with van der Waals surface area (Å²) >= 11 is 0. The van der Waals surface area contributed by atoms with Crippen molar-refractivity contribution < 1.29 is 14.6 Å². The summed E-state index contributed by atoms with van der Waals surface area (Å²) < 4.78 is 14.4. The second kappa shape index (κ2) is 12.4. The number of nitrogens with one attached hydrogen (secondary N) is 1. The van der Waals surface area contributed by atoms with E-state index < -0.39 is 5.82 Å². The van der Waals surface area contributed by atoms with Crippen molar-refractivity contribution in [1.29, 1.82) is 0 Å². The molecule has 2 aromatic heterocycles. The van der Waals surface area contributed by atoms with Crippen molar-refractivity contribution in [3.63, 3.8) is 0 Å². The molecule has 2 aromatic carbocycles. The molecule has 0 radical (unpaired) electrons. The van der Waals surface area contributed by atoms with E-state index in [0.29, 0.717) is 25.3 Å². The highest BCUT2D eigenvalue weighted by Gasteiger charge is 2.21. The summed E-state index contributed by atoms with van der Waals surface area (Å²) in [5.74, 6) is 0.0471. The largest absolute Gasteiger partial charge is 0.508 e. The molecule has 0 saturated carbocycles. The molecule has 5 rings (SSSR count). The van der Waals surface area contributed by atoms with Gasteiger partial charge in [0, 0.05) is 38.4 Å². The van der Waals surface area contributed by atoms with Gasteiger partial charge in [0.05, 0.1) is 30.4 Å². The number of aliphatic hydroxyl groups excluding tert-OH is 1. The molecule has 0 amide bonds. The molecule has 200 valence electrons. The van der Waals surface area contributed by atoms with Crippen molar-refractivity contribution in [2.45, 2.75) is 6.54 Å². The molecule has 1 fully saturated rings. The van der Waals surface area contributed by atoms with E-state index in [1.165, 1.54) is 0 Å². The van der Waals surface area contributed by atoms with Crippen molar-refractivity contribution in [3.8, 4) is 16.9 Å². The number of hydrogen-bond donors (Lipinski definition) is 3. The molecule has 1 aliphatic rings. The molecule has 39 heavy (non-hydrogen) atoms. The number of aromatic nitrogens is 3. The molecular weight excluding hydrogens is 499 g/mol. The average Bonchev–Trinajstić information content (AvgIpc) is 2.96. The maximum Gasteiger partial charge on any atom is 0.270 e. The molecule has 1 aliphatic heterocycles. The molecule has 4 aromatic rings. The topological polar surface area (TPSA) is 122 Å². The third-order valence-electron chi connectivity index (χ3n) is 6.37. The highest BCUT2D eigenvalue weighted by Crippen LogP contribution is 2.26. The fraction of sp³-hybridized carbons (Fsp3) is 0.250. The van der Waals surface area contributed by atoms with E-state index >= 15 is 0 Å². The zero-order valence-electron chi connectivity index (χ0n) is 21.3. The first-order valence-electron chi connectivity index (χ1n) is 12.7. The number of β-amino-alcohol motifs (C(OH)–C–C–N with tert-alkyl or cyclic N) is 1. The molecule has 0 unspecified atom stereocenters. The summed E-state index contributed by atoms with van der Waals surface area (Å²) in [6, 6.07) is 18.8. The second-order valence-electron chi connectivity index (χ2n) is 9.08. The number of hydrogen-bond acceptors (Lipinski definition) is 10. The molecule has 0 spiro atoms. The highest BCUT2D eigenvalue weighted by atomic mass is 19.1. The predicted molar refractivity (Wildman–Crippen MR) is 147 cm³/mol. The van der Waals surface area contributed by atoms with Crippen LogP contribution in [0.5, 0.6) is 5.75 Å². The lowest BCUT2D eigenvalue weighted by Gasteiger charge is -2.35. The third-order valence-corrected chi connectivity index (χ3v) is 6.37. The van der Waals surface area contributed by atoms with Gasteiger partial charge in [0.2, 0.25) is 0 Å². The number of aliphatic hydroxyl groups is 1. The number of nitrogens with zero attached hydrogens (tertiary/aromatic N) is 7. The number of phenolic OH excluding ortho intramolecular Hbond substituents is 1. The molecule has 1 saturated heterocycles. The number of benzene rings is 2. The molecule has 11 heteroatoms. The molecule has 0 aliphatic carbocycles. The number of anilines is 3. The van der Waals surface area contributed by atoms with Crippen LogP contribution in [0.2, 0.25) is 0 Å². The third kappa shape index (κ3) is 6.89. The maximum atomic E-state index is 14.4. The highest BCUT2D eigenvalue weighted by molar-refractivity contribution is 5.69. The minimum absolute atomic E-state index is 0.0941. The summed E-state index contributed by atoms with van der Waals surface area (Å²) in [4.78, 5) is 16.6. The van der Waals surface area contributed by atoms with Crippen LogP contribution in [0.4, 0.5) is 27.5 Å². The number of pyridine rings is 1. The van der Waals surface area contributed by atoms with Crippen LogP contribution in [-0.2, 0) is 6.54 Å². The summed E-state index contributed by atoms with van der Waals surface area (Å²) in [6.07, 6.45) is 2.84. The van der Waals surface area contributed by atoms with E-state index in [2.05, 4.69) is 35.4 Å². The SMILES string of the molecule is OCCN1CCN(c2nc(N=NCc3ccc(Nc4ccc(-c5cccc(O)c5)cc4)cn3)ncc2F)CC1. The number of halogens is 1. The van der Waals surface area contributed by atoms with Gasteiger partial charge in [-0.05, 0) is 47.5 Å². The Balaban J connectivity index is 1.15. The normalized spacial score (nSPS) is 14.2. The van der Waals surface area contributed by atoms with Crippen LogP contribution in [0.15, 0.2) is 83.3 Å². The van der Waals surface area contributed by atoms with Gasteiger partial charge in [-0.15, -0.1) is 5.11 Å². The lowest BCUT2D eigenvalue weighted by Crippen LogP contribution is -2.47. The zero-order valence-corrected chi connectivity index (χ0v) is 21.3. The van der Waals surface area contributed by atoms with Crippen molar-refractivity contribution in [3.05, 3.63) is 84.6 Å². The van der Waals surface area contributed by atoms with Crippen LogP contribution in [0.3, 0.4) is 0 Å². The summed E-state index contributed by atoms with van der Waals surface area (Å²) in [5, 5.41) is 30.3. The first-order chi connectivity index (χ1) is 19.1. The Morgan fingerprint density at radius 1 is 0.897 bits per heavy atom. The van der Waals surface area contributed by atoms with Crippen molar-refractivity contribution in [2.75, 3.05) is 49.5 Å². The number of rotatable bonds is 9. The number of piperazine rings is 1. The fourth-order valence-corrected chi connectivity index (χ4v) is 4.30. The van der Waals surface area contributed by atoms with Crippen molar-refractivity contribution in [2.24, 2.45) is 10.2 Å². The molecule has 10 nitrogen and oxygen atoms in total. The van der Waals surface area contributed by atoms with E-state index in [1.54, 1.807) is 18.3 Å². The van der Waals surface area contributed by atoms with Gasteiger partial charge in [0.1, 0.15) is 12.3 Å². The molecule has 0 atom stereocenters. The predicted octanol–water partition coefficient (Wildman–Crippen LogP) is 4.53. The Morgan fingerprint density at radius 3 is 2.41 bits per heavy atom. The standard InChI is InChI=1S/C28H29FN8O2/c29-26-19-31-28(34-27(26)37-12-10-36(11-13-37)14-15-38)35-32-18-23-8-9-24(17-30-23)33-22-6-4-20(5-7-22)21-2-1-3-25(39)16-21/h1-9,16-17,19,33,38-39H,10-15,18H2. The quantitative estimate of drug-likeness (QED) is 0.271. The lowest BCUT2D eigenvalue weighted by molar-refractivity contribution is 0.188. The minimum Gasteiger partial charge on any atom is -0.508 e. The van der Waals surface area contributed by atoms with E-state index in [0.717, 1.165) is 41.8 Å². The van der Waals surface area contributed by atoms with Crippen LogP contribution >= 0.6 is 0 Å². The van der Waals surface area contributed by atoms with E-state index in [9.17, 15) is 9.50 Å². The van der Waals surface area contributed by atoms with Crippen LogP contribution in [-0.4, -0.2) is 69.4 Å². The van der Waals surface area contributed by atoms with Crippen molar-refractivity contribution in [1.82, 2.24) is 19.9 Å². The van der Waals surface area contributed by atoms with E-state index in [1.807, 2.05) is 53.4 Å². The monoisotopic (exact) mass is 528 g/mol. The number of phenols is 1. The van der Waals surface area contributed by atoms with Gasteiger partial charge in [0.15, 0.2) is 11.6 Å². The molecule has 0 bridgehead atoms. The summed E-state index contributed by atoms with van der Waals surface area (Å²) in [5.41, 5.74) is 4.40. The van der Waals surface area contributed by atoms with Crippen LogP contribution in [0, 0.1) is 5.82 Å². The Bertz CT molecular complexity index is 1410. The minimum atomic E-state index is -0.497. The zero-order chi connectivity index (χ0) is 27.0. The van der Waals surface area contributed by atoms with Gasteiger partial charge in [0.25, 0.3) is 5.95 Å². The van der Waals surface area contributed by atoms with Crippen LogP contribution in [0.25, 0.3) is 11.1 Å². The van der Waals surface area contributed by atoms with Gasteiger partial charge in [-0.25, -0.2) is 9.37 Å². The lowest BCUT2D eigenvalue weighted by atomic mass is 10.1. The Labute approximate surface area is 225 Å². The average molecular weight is 529 g/mol. The Kier molecular flexibility index (Phi) is 8.29. The molecular formula is C28H29FN8O2. The van der Waals surface area contributed by atoms with Crippen LogP contribution in [0.1, 0.15) is 5.69 Å². The first kappa shape index (κ1) is 26.1. The van der Waals surface area contributed by atoms with E-state index in [-0.39, 0.29) is 30.7 Å². The number of azo groups is 1. The fourth-order valence-electron chi connectivity index (χ4n) is 4.30. The van der Waals surface area contributed by atoms with Gasteiger partial charge >= 0.3 is 0 Å². The molecule has 3 heterocycles. The Morgan fingerprint density at radius 2 is 1.69 bits per heavy atom. The maximum absolute atomic E-state index is 14.4. The van der Waals surface area contributed by atoms with Gasteiger partial charge < -0.3 is 20.4 Å². The van der Waals surface area contributed by atoms with Crippen molar-refractivity contribution >= 4 is 23.1 Å². The van der Waals surface area contributed by atoms with Gasteiger partial charge in [-0.2, -0.15) is 10.1 Å². The van der Waals surface area contributed by atoms with Crippen LogP contribution < -0.4 is 10.2 Å². The van der Waals surface area contributed by atoms with E-state index in [4.69, 9.17) is 5.11 Å². The summed E-state index contributed by atoms with van der Waals surface area (Å²) in [6.45, 7) is 3.61. The Hall–Kier alpha value is -4.48. The first-order valence-corrected chi connectivity index (χ1v) is 12.7. The summed E-state index contributed by atoms with van der Waals surface area (Å²) in [7, 11) is 0.